The van der Waals surface area contributed by atoms with Gasteiger partial charge < -0.3 is 14.7 Å². The summed E-state index contributed by atoms with van der Waals surface area (Å²) in [6.45, 7) is 0.273. The van der Waals surface area contributed by atoms with Crippen LogP contribution in [0.5, 0.6) is 0 Å². The molecule has 1 aromatic carbocycles. The molecule has 2 atom stereocenters. The van der Waals surface area contributed by atoms with Gasteiger partial charge in [-0.1, -0.05) is 29.3 Å². The summed E-state index contributed by atoms with van der Waals surface area (Å²) in [6, 6.07) is 4.23. The molecule has 0 radical (unpaired) electrons. The van der Waals surface area contributed by atoms with Crippen LogP contribution in [0.25, 0.3) is 0 Å². The molecule has 1 fully saturated rings. The minimum Gasteiger partial charge on any atom is -0.481 e. The summed E-state index contributed by atoms with van der Waals surface area (Å²) in [5.41, 5.74) is 0.175. The Balaban J connectivity index is 2.27. The average Bonchev–Trinajstić information content (AvgIpc) is 2.86. The maximum absolute atomic E-state index is 12.5. The fourth-order valence-electron chi connectivity index (χ4n) is 2.19. The van der Waals surface area contributed by atoms with Crippen LogP contribution >= 0.6 is 23.2 Å². The molecular weight excluding hydrogens is 305 g/mol. The highest BCUT2D eigenvalue weighted by molar-refractivity contribution is 6.39. The molecule has 0 spiro atoms. The lowest BCUT2D eigenvalue weighted by molar-refractivity contribution is -0.142. The number of aliphatic carboxylic acids is 1. The van der Waals surface area contributed by atoms with Crippen molar-refractivity contribution in [1.82, 2.24) is 4.90 Å². The topological polar surface area (TPSA) is 66.8 Å². The quantitative estimate of drug-likeness (QED) is 0.927. The molecule has 1 saturated heterocycles. The first kappa shape index (κ1) is 15.1. The van der Waals surface area contributed by atoms with Crippen LogP contribution in [0.1, 0.15) is 10.4 Å². The monoisotopic (exact) mass is 317 g/mol. The maximum Gasteiger partial charge on any atom is 0.311 e. The summed E-state index contributed by atoms with van der Waals surface area (Å²) in [5.74, 6) is -2.15. The van der Waals surface area contributed by atoms with Crippen molar-refractivity contribution in [3.63, 3.8) is 0 Å². The second-order valence-corrected chi connectivity index (χ2v) is 5.38. The lowest BCUT2D eigenvalue weighted by Gasteiger charge is -2.27. The van der Waals surface area contributed by atoms with E-state index in [1.807, 2.05) is 0 Å². The predicted molar refractivity (Wildman–Crippen MR) is 74.3 cm³/mol. The van der Waals surface area contributed by atoms with Crippen LogP contribution in [0.2, 0.25) is 10.0 Å². The average molecular weight is 318 g/mol. The summed E-state index contributed by atoms with van der Waals surface area (Å²) in [7, 11) is 1.53. The van der Waals surface area contributed by atoms with Crippen molar-refractivity contribution in [2.45, 2.75) is 6.04 Å². The van der Waals surface area contributed by atoms with E-state index in [2.05, 4.69) is 0 Å². The number of nitrogens with zero attached hydrogens (tertiary/aromatic N) is 1. The zero-order valence-corrected chi connectivity index (χ0v) is 12.2. The van der Waals surface area contributed by atoms with Gasteiger partial charge in [0.05, 0.1) is 34.9 Å². The minimum absolute atomic E-state index is 0.0911. The third kappa shape index (κ3) is 2.75. The Hall–Kier alpha value is -1.30. The normalized spacial score (nSPS) is 21.8. The van der Waals surface area contributed by atoms with Gasteiger partial charge in [0.1, 0.15) is 5.92 Å². The van der Waals surface area contributed by atoms with E-state index in [1.165, 1.54) is 11.9 Å². The number of carbonyl (C=O) groups excluding carboxylic acids is 1. The number of ether oxygens (including phenoxy) is 1. The lowest BCUT2D eigenvalue weighted by atomic mass is 10.0. The van der Waals surface area contributed by atoms with Crippen LogP contribution in [-0.2, 0) is 9.53 Å². The predicted octanol–water partition coefficient (Wildman–Crippen LogP) is 2.16. The Morgan fingerprint density at radius 3 is 2.45 bits per heavy atom. The van der Waals surface area contributed by atoms with E-state index in [9.17, 15) is 9.59 Å². The summed E-state index contributed by atoms with van der Waals surface area (Å²) in [6.07, 6.45) is 0. The number of benzene rings is 1. The van der Waals surface area contributed by atoms with Crippen LogP contribution in [-0.4, -0.2) is 48.2 Å². The van der Waals surface area contributed by atoms with E-state index in [4.69, 9.17) is 33.0 Å². The molecule has 0 bridgehead atoms. The number of hydrogen-bond donors (Lipinski definition) is 1. The van der Waals surface area contributed by atoms with Crippen molar-refractivity contribution in [2.24, 2.45) is 5.92 Å². The van der Waals surface area contributed by atoms with Crippen LogP contribution in [0.15, 0.2) is 18.2 Å². The molecule has 20 heavy (non-hydrogen) atoms. The van der Waals surface area contributed by atoms with Crippen LogP contribution in [0.4, 0.5) is 0 Å². The van der Waals surface area contributed by atoms with E-state index in [0.717, 1.165) is 0 Å². The fourth-order valence-corrected chi connectivity index (χ4v) is 2.75. The Kier molecular flexibility index (Phi) is 4.52. The molecule has 1 aliphatic rings. The summed E-state index contributed by atoms with van der Waals surface area (Å²) >= 11 is 12.0. The molecule has 108 valence electrons. The third-order valence-electron chi connectivity index (χ3n) is 3.36. The van der Waals surface area contributed by atoms with Crippen molar-refractivity contribution >= 4 is 35.1 Å². The number of halogens is 2. The zero-order valence-electron chi connectivity index (χ0n) is 10.7. The summed E-state index contributed by atoms with van der Waals surface area (Å²) in [5, 5.41) is 9.60. The van der Waals surface area contributed by atoms with Gasteiger partial charge in [-0.25, -0.2) is 0 Å². The first-order valence-corrected chi connectivity index (χ1v) is 6.70. The van der Waals surface area contributed by atoms with Crippen molar-refractivity contribution in [3.05, 3.63) is 33.8 Å². The molecule has 2 unspecified atom stereocenters. The number of carboxylic acids is 1. The number of carboxylic acid groups (broad SMARTS) is 1. The smallest absolute Gasteiger partial charge is 0.311 e. The second-order valence-electron chi connectivity index (χ2n) is 4.56. The van der Waals surface area contributed by atoms with Gasteiger partial charge in [-0.2, -0.15) is 0 Å². The van der Waals surface area contributed by atoms with Crippen LogP contribution in [0.3, 0.4) is 0 Å². The Labute approximate surface area is 126 Å². The standard InChI is InChI=1S/C13H13Cl2NO4/c1-16(10-6-20-5-7(10)13(18)19)12(17)11-8(14)3-2-4-9(11)15/h2-4,7,10H,5-6H2,1H3,(H,18,19). The van der Waals surface area contributed by atoms with Crippen molar-refractivity contribution in [2.75, 3.05) is 20.3 Å². The Bertz CT molecular complexity index is 529. The lowest BCUT2D eigenvalue weighted by Crippen LogP contribution is -2.44. The van der Waals surface area contributed by atoms with Crippen LogP contribution in [0, 0.1) is 5.92 Å². The highest BCUT2D eigenvalue weighted by atomic mass is 35.5. The molecule has 1 heterocycles. The number of likely N-dealkylation sites (N-methyl/N-ethyl adjacent to an activating group) is 1. The van der Waals surface area contributed by atoms with Gasteiger partial charge in [-0.05, 0) is 12.1 Å². The maximum atomic E-state index is 12.5. The minimum atomic E-state index is -0.989. The second kappa shape index (κ2) is 5.99. The van der Waals surface area contributed by atoms with Gasteiger partial charge in [0.25, 0.3) is 5.91 Å². The zero-order chi connectivity index (χ0) is 14.9. The van der Waals surface area contributed by atoms with Gasteiger partial charge in [0.15, 0.2) is 0 Å². The third-order valence-corrected chi connectivity index (χ3v) is 3.99. The summed E-state index contributed by atoms with van der Waals surface area (Å²) in [4.78, 5) is 24.9. The molecule has 2 rings (SSSR count). The fraction of sp³-hybridized carbons (Fsp3) is 0.385. The molecule has 1 aliphatic heterocycles. The first-order chi connectivity index (χ1) is 9.43. The molecular formula is C13H13Cl2NO4. The van der Waals surface area contributed by atoms with Crippen molar-refractivity contribution in [3.8, 4) is 0 Å². The molecule has 1 N–H and O–H groups in total. The largest absolute Gasteiger partial charge is 0.481 e. The van der Waals surface area contributed by atoms with Crippen molar-refractivity contribution in [1.29, 1.82) is 0 Å². The number of rotatable bonds is 3. The number of amides is 1. The SMILES string of the molecule is CN(C(=O)c1c(Cl)cccc1Cl)C1COCC1C(=O)O. The molecule has 1 amide bonds. The van der Waals surface area contributed by atoms with E-state index in [1.54, 1.807) is 18.2 Å². The number of carbonyl (C=O) groups is 2. The Morgan fingerprint density at radius 2 is 1.90 bits per heavy atom. The first-order valence-electron chi connectivity index (χ1n) is 5.95. The number of hydrogen-bond acceptors (Lipinski definition) is 3. The molecule has 0 saturated carbocycles. The molecule has 1 aromatic rings. The van der Waals surface area contributed by atoms with Crippen molar-refractivity contribution < 1.29 is 19.4 Å². The molecule has 0 aliphatic carbocycles. The van der Waals surface area contributed by atoms with E-state index in [-0.39, 0.29) is 28.8 Å². The van der Waals surface area contributed by atoms with Gasteiger partial charge in [0, 0.05) is 7.05 Å². The summed E-state index contributed by atoms with van der Waals surface area (Å²) < 4.78 is 5.16. The van der Waals surface area contributed by atoms with Gasteiger partial charge >= 0.3 is 5.97 Å². The highest BCUT2D eigenvalue weighted by Crippen LogP contribution is 2.28. The van der Waals surface area contributed by atoms with Gasteiger partial charge in [-0.15, -0.1) is 0 Å². The van der Waals surface area contributed by atoms with E-state index < -0.39 is 23.8 Å². The molecule has 5 nitrogen and oxygen atoms in total. The van der Waals surface area contributed by atoms with E-state index >= 15 is 0 Å². The Morgan fingerprint density at radius 1 is 1.30 bits per heavy atom. The molecule has 0 aromatic heterocycles. The highest BCUT2D eigenvalue weighted by Gasteiger charge is 2.39. The molecule has 7 heteroatoms. The van der Waals surface area contributed by atoms with Crippen LogP contribution < -0.4 is 0 Å². The van der Waals surface area contributed by atoms with Gasteiger partial charge in [-0.3, -0.25) is 9.59 Å². The van der Waals surface area contributed by atoms with E-state index in [0.29, 0.717) is 0 Å². The van der Waals surface area contributed by atoms with Gasteiger partial charge in [0.2, 0.25) is 0 Å².